The Morgan fingerprint density at radius 3 is 2.59 bits per heavy atom. The number of nitrogens with one attached hydrogen (secondary N) is 1. The summed E-state index contributed by atoms with van der Waals surface area (Å²) < 4.78 is 0. The van der Waals surface area contributed by atoms with E-state index in [1.165, 1.54) is 22.4 Å². The third-order valence-electron chi connectivity index (χ3n) is 6.00. The smallest absolute Gasteiger partial charge is 0.0630 e. The molecule has 0 saturated heterocycles. The van der Waals surface area contributed by atoms with Crippen LogP contribution in [0, 0.1) is 12.8 Å². The van der Waals surface area contributed by atoms with Crippen molar-refractivity contribution in [3.8, 4) is 0 Å². The van der Waals surface area contributed by atoms with Gasteiger partial charge >= 0.3 is 0 Å². The predicted octanol–water partition coefficient (Wildman–Crippen LogP) is 7.23. The molecule has 2 aliphatic rings. The Morgan fingerprint density at radius 1 is 1.00 bits per heavy atom. The molecule has 0 unspecified atom stereocenters. The minimum Gasteiger partial charge on any atom is -0.378 e. The van der Waals surface area contributed by atoms with Crippen molar-refractivity contribution in [1.82, 2.24) is 0 Å². The second-order valence-electron chi connectivity index (χ2n) is 7.97. The Bertz CT molecular complexity index is 1080. The van der Waals surface area contributed by atoms with E-state index in [-0.39, 0.29) is 0 Å². The van der Waals surface area contributed by atoms with E-state index in [0.29, 0.717) is 17.9 Å². The van der Waals surface area contributed by atoms with Gasteiger partial charge in [0.1, 0.15) is 0 Å². The normalized spacial score (nSPS) is 22.3. The third-order valence-corrected chi connectivity index (χ3v) is 6.26. The number of hydrogen-bond donors (Lipinski definition) is 1. The largest absolute Gasteiger partial charge is 0.378 e. The molecule has 0 aromatic heterocycles. The summed E-state index contributed by atoms with van der Waals surface area (Å²) in [6.07, 6.45) is 7.72. The maximum Gasteiger partial charge on any atom is 0.0630 e. The van der Waals surface area contributed by atoms with E-state index in [2.05, 4.69) is 71.8 Å². The van der Waals surface area contributed by atoms with Gasteiger partial charge in [0.25, 0.3) is 0 Å². The Kier molecular flexibility index (Phi) is 4.73. The van der Waals surface area contributed by atoms with Crippen LogP contribution >= 0.6 is 11.6 Å². The lowest BCUT2D eigenvalue weighted by Crippen LogP contribution is -2.29. The second-order valence-corrected chi connectivity index (χ2v) is 8.40. The first-order chi connectivity index (χ1) is 14.2. The number of allylic oxidation sites excluding steroid dienone is 2. The molecule has 3 aromatic carbocycles. The molecule has 5 rings (SSSR count). The molecule has 29 heavy (non-hydrogen) atoms. The summed E-state index contributed by atoms with van der Waals surface area (Å²) in [5.74, 6) is 1.06. The van der Waals surface area contributed by atoms with Crippen LogP contribution in [0.4, 0.5) is 11.4 Å². The predicted molar refractivity (Wildman–Crippen MR) is 123 cm³/mol. The molecule has 0 spiro atoms. The molecule has 1 N–H and O–H groups in total. The molecule has 0 fully saturated rings. The monoisotopic (exact) mass is 398 g/mol. The Hall–Kier alpha value is -2.84. The minimum absolute atomic E-state index is 0.319. The average molecular weight is 399 g/mol. The fourth-order valence-electron chi connectivity index (χ4n) is 4.51. The topological polar surface area (TPSA) is 24.4 Å². The molecular weight excluding hydrogens is 376 g/mol. The van der Waals surface area contributed by atoms with Gasteiger partial charge in [0, 0.05) is 22.8 Å². The van der Waals surface area contributed by atoms with Crippen LogP contribution in [0.25, 0.3) is 0 Å². The molecule has 3 heteroatoms. The highest BCUT2D eigenvalue weighted by Crippen LogP contribution is 2.49. The SMILES string of the molecule is Cc1ccc2c(c1)[C@H]1C=CC[C@@H]1[C@H](c1ccc(N=Cc3ccc(Cl)cc3)cc1)N2. The van der Waals surface area contributed by atoms with Crippen molar-refractivity contribution in [1.29, 1.82) is 0 Å². The van der Waals surface area contributed by atoms with E-state index >= 15 is 0 Å². The van der Waals surface area contributed by atoms with Crippen molar-refractivity contribution < 1.29 is 0 Å². The number of fused-ring (bicyclic) bond motifs is 3. The zero-order chi connectivity index (χ0) is 19.8. The van der Waals surface area contributed by atoms with Gasteiger partial charge in [-0.1, -0.05) is 65.7 Å². The zero-order valence-corrected chi connectivity index (χ0v) is 17.1. The van der Waals surface area contributed by atoms with Crippen LogP contribution in [0.2, 0.25) is 5.02 Å². The molecule has 3 atom stereocenters. The van der Waals surface area contributed by atoms with Crippen molar-refractivity contribution in [2.24, 2.45) is 10.9 Å². The van der Waals surface area contributed by atoms with E-state index in [9.17, 15) is 0 Å². The summed E-state index contributed by atoms with van der Waals surface area (Å²) in [6.45, 7) is 2.17. The van der Waals surface area contributed by atoms with Gasteiger partial charge in [0.05, 0.1) is 11.7 Å². The molecule has 2 nitrogen and oxygen atoms in total. The molecule has 3 aromatic rings. The quantitative estimate of drug-likeness (QED) is 0.365. The van der Waals surface area contributed by atoms with Crippen LogP contribution < -0.4 is 5.32 Å². The van der Waals surface area contributed by atoms with Gasteiger partial charge in [-0.2, -0.15) is 0 Å². The second kappa shape index (κ2) is 7.53. The van der Waals surface area contributed by atoms with Crippen molar-refractivity contribution in [3.05, 3.63) is 106 Å². The number of anilines is 1. The standard InChI is InChI=1S/C26H23ClN2/c1-17-5-14-25-24(15-17)22-3-2-4-23(22)26(29-25)19-8-12-21(13-9-19)28-16-18-6-10-20(27)11-7-18/h2-3,5-16,22-23,26,29H,4H2,1H3/t22-,23-,26-/m0/s1. The van der Waals surface area contributed by atoms with E-state index in [0.717, 1.165) is 22.7 Å². The molecular formula is C26H23ClN2. The molecule has 1 heterocycles. The maximum absolute atomic E-state index is 5.94. The van der Waals surface area contributed by atoms with E-state index in [4.69, 9.17) is 11.6 Å². The molecule has 0 saturated carbocycles. The van der Waals surface area contributed by atoms with Crippen LogP contribution in [0.3, 0.4) is 0 Å². The summed E-state index contributed by atoms with van der Waals surface area (Å²) in [5, 5.41) is 4.54. The van der Waals surface area contributed by atoms with Crippen LogP contribution in [-0.4, -0.2) is 6.21 Å². The summed E-state index contributed by atoms with van der Waals surface area (Å²) in [6, 6.07) is 23.4. The summed E-state index contributed by atoms with van der Waals surface area (Å²) in [7, 11) is 0. The lowest BCUT2D eigenvalue weighted by atomic mass is 9.76. The van der Waals surface area contributed by atoms with Gasteiger partial charge < -0.3 is 5.32 Å². The third kappa shape index (κ3) is 3.61. The molecule has 0 radical (unpaired) electrons. The summed E-state index contributed by atoms with van der Waals surface area (Å²) in [4.78, 5) is 4.60. The van der Waals surface area contributed by atoms with E-state index < -0.39 is 0 Å². The Morgan fingerprint density at radius 2 is 1.79 bits per heavy atom. The van der Waals surface area contributed by atoms with Crippen molar-refractivity contribution >= 4 is 29.2 Å². The molecule has 0 amide bonds. The number of aryl methyl sites for hydroxylation is 1. The van der Waals surface area contributed by atoms with Crippen LogP contribution in [0.5, 0.6) is 0 Å². The van der Waals surface area contributed by atoms with Crippen LogP contribution in [-0.2, 0) is 0 Å². The minimum atomic E-state index is 0.319. The van der Waals surface area contributed by atoms with E-state index in [1.54, 1.807) is 0 Å². The number of nitrogens with zero attached hydrogens (tertiary/aromatic N) is 1. The fourth-order valence-corrected chi connectivity index (χ4v) is 4.64. The van der Waals surface area contributed by atoms with Crippen molar-refractivity contribution in [2.75, 3.05) is 5.32 Å². The lowest BCUT2D eigenvalue weighted by molar-refractivity contribution is 0.425. The summed E-state index contributed by atoms with van der Waals surface area (Å²) in [5.41, 5.74) is 7.34. The van der Waals surface area contributed by atoms with Gasteiger partial charge in [-0.05, 0) is 66.3 Å². The Labute approximate surface area is 177 Å². The number of rotatable bonds is 3. The lowest BCUT2D eigenvalue weighted by Gasteiger charge is -2.37. The fraction of sp³-hybridized carbons (Fsp3) is 0.192. The van der Waals surface area contributed by atoms with Crippen LogP contribution in [0.15, 0.2) is 83.9 Å². The van der Waals surface area contributed by atoms with Gasteiger partial charge in [0.15, 0.2) is 0 Å². The number of benzene rings is 3. The Balaban J connectivity index is 1.38. The average Bonchev–Trinajstić information content (AvgIpc) is 3.24. The number of aliphatic imine (C=N–C) groups is 1. The molecule has 1 aliphatic carbocycles. The van der Waals surface area contributed by atoms with Crippen molar-refractivity contribution in [3.63, 3.8) is 0 Å². The maximum atomic E-state index is 5.94. The zero-order valence-electron chi connectivity index (χ0n) is 16.3. The first-order valence-electron chi connectivity index (χ1n) is 10.1. The molecule has 0 bridgehead atoms. The first-order valence-corrected chi connectivity index (χ1v) is 10.5. The number of halogens is 1. The van der Waals surface area contributed by atoms with Crippen LogP contribution in [0.1, 0.15) is 40.6 Å². The van der Waals surface area contributed by atoms with Gasteiger partial charge in [-0.3, -0.25) is 4.99 Å². The van der Waals surface area contributed by atoms with Gasteiger partial charge in [-0.25, -0.2) is 0 Å². The highest BCUT2D eigenvalue weighted by Gasteiger charge is 2.37. The van der Waals surface area contributed by atoms with Gasteiger partial charge in [0.2, 0.25) is 0 Å². The van der Waals surface area contributed by atoms with Gasteiger partial charge in [-0.15, -0.1) is 0 Å². The summed E-state index contributed by atoms with van der Waals surface area (Å²) >= 11 is 5.94. The highest BCUT2D eigenvalue weighted by atomic mass is 35.5. The highest BCUT2D eigenvalue weighted by molar-refractivity contribution is 6.30. The van der Waals surface area contributed by atoms with E-state index in [1.807, 2.05) is 30.5 Å². The first kappa shape index (κ1) is 18.2. The molecule has 144 valence electrons. The molecule has 1 aliphatic heterocycles. The number of hydrogen-bond acceptors (Lipinski definition) is 2. The van der Waals surface area contributed by atoms with Crippen molar-refractivity contribution in [2.45, 2.75) is 25.3 Å².